The number of esters is 1. The Bertz CT molecular complexity index is 865. The predicted molar refractivity (Wildman–Crippen MR) is 97.9 cm³/mol. The van der Waals surface area contributed by atoms with Gasteiger partial charge in [-0.25, -0.2) is 5.06 Å². The quantitative estimate of drug-likeness (QED) is 0.600. The number of ketones is 1. The number of rotatable bonds is 5. The molecule has 138 valence electrons. The van der Waals surface area contributed by atoms with E-state index in [0.717, 1.165) is 5.69 Å². The maximum absolute atomic E-state index is 13.2. The molecule has 0 bridgehead atoms. The number of Topliss-reactive ketones (excluding diaryl/α,β-unsaturated/α-hetero) is 1. The van der Waals surface area contributed by atoms with Gasteiger partial charge in [-0.3, -0.25) is 14.4 Å². The van der Waals surface area contributed by atoms with Crippen LogP contribution in [0, 0.1) is 0 Å². The number of carbonyl (C=O) groups is 2. The van der Waals surface area contributed by atoms with E-state index in [4.69, 9.17) is 14.3 Å². The van der Waals surface area contributed by atoms with Gasteiger partial charge in [0.25, 0.3) is 0 Å². The number of nitrogens with zero attached hydrogens (tertiary/aromatic N) is 1. The van der Waals surface area contributed by atoms with Crippen LogP contribution in [0.15, 0.2) is 72.5 Å². The van der Waals surface area contributed by atoms with Gasteiger partial charge in [-0.2, -0.15) is 0 Å². The molecule has 6 nitrogen and oxygen atoms in total. The zero-order chi connectivity index (χ0) is 18.8. The summed E-state index contributed by atoms with van der Waals surface area (Å²) < 4.78 is 10.9. The van der Waals surface area contributed by atoms with Crippen LogP contribution in [-0.4, -0.2) is 36.6 Å². The standard InChI is InChI=1S/C21H19NO5/c1-14(23)25-13-17-12-18-21(26-17)19(20(24)15-8-4-2-5-9-15)22(27-18)16-10-6-3-7-11-16/h2-12,18-19,21H,13H2,1H3. The second-order valence-electron chi connectivity index (χ2n) is 6.40. The second-order valence-corrected chi connectivity index (χ2v) is 6.40. The maximum Gasteiger partial charge on any atom is 0.303 e. The largest absolute Gasteiger partial charge is 0.485 e. The fraction of sp³-hybridized carbons (Fsp3) is 0.238. The van der Waals surface area contributed by atoms with E-state index < -0.39 is 18.2 Å². The van der Waals surface area contributed by atoms with Crippen LogP contribution in [0.25, 0.3) is 0 Å². The average Bonchev–Trinajstić information content (AvgIpc) is 3.24. The molecular formula is C21H19NO5. The van der Waals surface area contributed by atoms with Gasteiger partial charge in [0.2, 0.25) is 0 Å². The van der Waals surface area contributed by atoms with E-state index in [-0.39, 0.29) is 18.4 Å². The summed E-state index contributed by atoms with van der Waals surface area (Å²) in [5.41, 5.74) is 1.37. The van der Waals surface area contributed by atoms with Crippen molar-refractivity contribution in [3.8, 4) is 0 Å². The van der Waals surface area contributed by atoms with Crippen molar-refractivity contribution in [3.63, 3.8) is 0 Å². The topological polar surface area (TPSA) is 65.1 Å². The summed E-state index contributed by atoms with van der Waals surface area (Å²) in [4.78, 5) is 30.3. The van der Waals surface area contributed by atoms with Gasteiger partial charge in [-0.05, 0) is 18.2 Å². The Morgan fingerprint density at radius 3 is 2.37 bits per heavy atom. The first-order valence-electron chi connectivity index (χ1n) is 8.74. The van der Waals surface area contributed by atoms with Gasteiger partial charge in [-0.1, -0.05) is 48.5 Å². The van der Waals surface area contributed by atoms with Crippen molar-refractivity contribution in [2.75, 3.05) is 11.7 Å². The molecule has 3 atom stereocenters. The summed E-state index contributed by atoms with van der Waals surface area (Å²) in [6.07, 6.45) is 0.832. The Labute approximate surface area is 156 Å². The molecule has 0 aliphatic carbocycles. The van der Waals surface area contributed by atoms with Crippen LogP contribution in [0.1, 0.15) is 17.3 Å². The van der Waals surface area contributed by atoms with Crippen LogP contribution in [0.2, 0.25) is 0 Å². The molecular weight excluding hydrogens is 346 g/mol. The highest BCUT2D eigenvalue weighted by atomic mass is 16.7. The molecule has 6 heteroatoms. The number of hydrogen-bond donors (Lipinski definition) is 0. The lowest BCUT2D eigenvalue weighted by molar-refractivity contribution is -0.141. The fourth-order valence-corrected chi connectivity index (χ4v) is 3.30. The molecule has 4 rings (SSSR count). The summed E-state index contributed by atoms with van der Waals surface area (Å²) >= 11 is 0. The molecule has 2 aliphatic heterocycles. The highest BCUT2D eigenvalue weighted by Crippen LogP contribution is 2.37. The van der Waals surface area contributed by atoms with E-state index in [0.29, 0.717) is 11.3 Å². The van der Waals surface area contributed by atoms with E-state index in [9.17, 15) is 9.59 Å². The van der Waals surface area contributed by atoms with Crippen molar-refractivity contribution in [3.05, 3.63) is 78.1 Å². The fourth-order valence-electron chi connectivity index (χ4n) is 3.30. The molecule has 0 amide bonds. The lowest BCUT2D eigenvalue weighted by Gasteiger charge is -2.26. The van der Waals surface area contributed by atoms with Crippen molar-refractivity contribution in [2.45, 2.75) is 25.2 Å². The number of anilines is 1. The monoisotopic (exact) mass is 365 g/mol. The van der Waals surface area contributed by atoms with Crippen molar-refractivity contribution in [1.29, 1.82) is 0 Å². The minimum absolute atomic E-state index is 0.0310. The Kier molecular flexibility index (Phi) is 4.64. The summed E-state index contributed by atoms with van der Waals surface area (Å²) in [6.45, 7) is 1.37. The van der Waals surface area contributed by atoms with Crippen molar-refractivity contribution >= 4 is 17.4 Å². The van der Waals surface area contributed by atoms with E-state index in [1.54, 1.807) is 23.3 Å². The molecule has 0 radical (unpaired) electrons. The van der Waals surface area contributed by atoms with Crippen LogP contribution in [0.3, 0.4) is 0 Å². The van der Waals surface area contributed by atoms with Crippen LogP contribution in [-0.2, 0) is 19.1 Å². The Morgan fingerprint density at radius 1 is 1.04 bits per heavy atom. The lowest BCUT2D eigenvalue weighted by atomic mass is 9.97. The minimum Gasteiger partial charge on any atom is -0.485 e. The molecule has 1 saturated heterocycles. The SMILES string of the molecule is CC(=O)OCC1=CC2ON(c3ccccc3)C(C(=O)c3ccccc3)C2O1. The first kappa shape index (κ1) is 17.3. The molecule has 0 spiro atoms. The summed E-state index contributed by atoms with van der Waals surface area (Å²) in [7, 11) is 0. The molecule has 2 aromatic rings. The third-order valence-electron chi connectivity index (χ3n) is 4.52. The third kappa shape index (κ3) is 3.44. The smallest absolute Gasteiger partial charge is 0.303 e. The number of hydroxylamine groups is 1. The van der Waals surface area contributed by atoms with Gasteiger partial charge < -0.3 is 9.47 Å². The van der Waals surface area contributed by atoms with Crippen molar-refractivity contribution in [2.24, 2.45) is 0 Å². The number of benzene rings is 2. The van der Waals surface area contributed by atoms with Crippen LogP contribution in [0.4, 0.5) is 5.69 Å². The zero-order valence-electron chi connectivity index (χ0n) is 14.8. The molecule has 2 aliphatic rings. The summed E-state index contributed by atoms with van der Waals surface area (Å²) in [5, 5.41) is 1.61. The van der Waals surface area contributed by atoms with Crippen molar-refractivity contribution in [1.82, 2.24) is 0 Å². The van der Waals surface area contributed by atoms with Crippen LogP contribution < -0.4 is 5.06 Å². The van der Waals surface area contributed by atoms with Crippen LogP contribution >= 0.6 is 0 Å². The minimum atomic E-state index is -0.647. The van der Waals surface area contributed by atoms with E-state index in [2.05, 4.69) is 0 Å². The molecule has 0 aromatic heterocycles. The predicted octanol–water partition coefficient (Wildman–Crippen LogP) is 2.90. The van der Waals surface area contributed by atoms with Gasteiger partial charge in [0.1, 0.15) is 18.5 Å². The molecule has 2 aromatic carbocycles. The van der Waals surface area contributed by atoms with Gasteiger partial charge >= 0.3 is 5.97 Å². The molecule has 1 fully saturated rings. The second kappa shape index (κ2) is 7.25. The van der Waals surface area contributed by atoms with Gasteiger partial charge in [-0.15, -0.1) is 0 Å². The van der Waals surface area contributed by atoms with Gasteiger partial charge in [0, 0.05) is 12.5 Å². The molecule has 0 saturated carbocycles. The zero-order valence-corrected chi connectivity index (χ0v) is 14.8. The number of fused-ring (bicyclic) bond motifs is 1. The summed E-state index contributed by atoms with van der Waals surface area (Å²) in [5.74, 6) is 0.0214. The van der Waals surface area contributed by atoms with E-state index in [1.165, 1.54) is 6.92 Å². The van der Waals surface area contributed by atoms with E-state index in [1.807, 2.05) is 48.5 Å². The van der Waals surface area contributed by atoms with E-state index >= 15 is 0 Å². The first-order chi connectivity index (χ1) is 13.1. The lowest BCUT2D eigenvalue weighted by Crippen LogP contribution is -2.43. The van der Waals surface area contributed by atoms with Crippen molar-refractivity contribution < 1.29 is 23.9 Å². The Morgan fingerprint density at radius 2 is 1.70 bits per heavy atom. The highest BCUT2D eigenvalue weighted by molar-refractivity contribution is 6.02. The summed E-state index contributed by atoms with van der Waals surface area (Å²) in [6, 6.07) is 17.9. The first-order valence-corrected chi connectivity index (χ1v) is 8.74. The molecule has 0 N–H and O–H groups in total. The number of hydrogen-bond acceptors (Lipinski definition) is 6. The number of para-hydroxylation sites is 1. The van der Waals surface area contributed by atoms with Crippen LogP contribution in [0.5, 0.6) is 0 Å². The third-order valence-corrected chi connectivity index (χ3v) is 4.52. The average molecular weight is 365 g/mol. The Balaban J connectivity index is 1.63. The number of carbonyl (C=O) groups excluding carboxylic acids is 2. The number of ether oxygens (including phenoxy) is 2. The molecule has 3 unspecified atom stereocenters. The molecule has 27 heavy (non-hydrogen) atoms. The maximum atomic E-state index is 13.2. The highest BCUT2D eigenvalue weighted by Gasteiger charge is 2.51. The normalized spacial score (nSPS) is 23.4. The van der Waals surface area contributed by atoms with Gasteiger partial charge in [0.15, 0.2) is 17.9 Å². The Hall–Kier alpha value is -3.12. The molecule has 2 heterocycles. The van der Waals surface area contributed by atoms with Gasteiger partial charge in [0.05, 0.1) is 5.69 Å².